The van der Waals surface area contributed by atoms with Crippen LogP contribution in [0.15, 0.2) is 18.2 Å². The molecule has 0 aromatic heterocycles. The van der Waals surface area contributed by atoms with Gasteiger partial charge in [0.05, 0.1) is 5.56 Å². The number of alkyl halides is 3. The molecule has 1 aromatic rings. The molecule has 1 heterocycles. The predicted molar refractivity (Wildman–Crippen MR) is 71.2 cm³/mol. The topological polar surface area (TPSA) is 38.0 Å². The first kappa shape index (κ1) is 17.2. The Hall–Kier alpha value is -0.850. The van der Waals surface area contributed by atoms with E-state index in [1.54, 1.807) is 0 Å². The Morgan fingerprint density at radius 3 is 2.30 bits per heavy atom. The van der Waals surface area contributed by atoms with Crippen molar-refractivity contribution in [3.8, 4) is 0 Å². The SMILES string of the molecule is Cl.N[C@@H](c1ccc(C(F)(F)F)c(F)c1)C1CCNCC1. The van der Waals surface area contributed by atoms with Crippen LogP contribution in [0.4, 0.5) is 17.6 Å². The van der Waals surface area contributed by atoms with Crippen molar-refractivity contribution in [2.45, 2.75) is 25.1 Å². The number of rotatable bonds is 2. The quantitative estimate of drug-likeness (QED) is 0.823. The largest absolute Gasteiger partial charge is 0.419 e. The van der Waals surface area contributed by atoms with Crippen LogP contribution < -0.4 is 11.1 Å². The summed E-state index contributed by atoms with van der Waals surface area (Å²) in [5, 5.41) is 3.18. The van der Waals surface area contributed by atoms with Gasteiger partial charge >= 0.3 is 6.18 Å². The summed E-state index contributed by atoms with van der Waals surface area (Å²) in [6, 6.07) is 2.54. The molecule has 114 valence electrons. The second-order valence-corrected chi connectivity index (χ2v) is 4.85. The fraction of sp³-hybridized carbons (Fsp3) is 0.538. The highest BCUT2D eigenvalue weighted by Gasteiger charge is 2.34. The summed E-state index contributed by atoms with van der Waals surface area (Å²) >= 11 is 0. The van der Waals surface area contributed by atoms with E-state index in [4.69, 9.17) is 5.73 Å². The van der Waals surface area contributed by atoms with Gasteiger partial charge in [-0.1, -0.05) is 6.07 Å². The van der Waals surface area contributed by atoms with Crippen LogP contribution in [-0.2, 0) is 6.18 Å². The van der Waals surface area contributed by atoms with Gasteiger partial charge in [0, 0.05) is 6.04 Å². The molecule has 0 bridgehead atoms. The van der Waals surface area contributed by atoms with Gasteiger partial charge in [0.1, 0.15) is 5.82 Å². The number of halogens is 5. The molecule has 1 aliphatic heterocycles. The van der Waals surface area contributed by atoms with E-state index in [0.29, 0.717) is 5.56 Å². The second-order valence-electron chi connectivity index (χ2n) is 4.85. The monoisotopic (exact) mass is 312 g/mol. The summed E-state index contributed by atoms with van der Waals surface area (Å²) < 4.78 is 50.9. The molecule has 0 aliphatic carbocycles. The summed E-state index contributed by atoms with van der Waals surface area (Å²) in [6.07, 6.45) is -2.96. The Balaban J connectivity index is 0.00000200. The van der Waals surface area contributed by atoms with E-state index < -0.39 is 23.6 Å². The van der Waals surface area contributed by atoms with Gasteiger partial charge in [-0.15, -0.1) is 12.4 Å². The Bertz CT molecular complexity index is 444. The van der Waals surface area contributed by atoms with E-state index in [-0.39, 0.29) is 18.3 Å². The Kier molecular flexibility index (Phi) is 5.79. The van der Waals surface area contributed by atoms with Crippen molar-refractivity contribution < 1.29 is 17.6 Å². The number of benzene rings is 1. The van der Waals surface area contributed by atoms with Crippen molar-refractivity contribution in [2.75, 3.05) is 13.1 Å². The van der Waals surface area contributed by atoms with E-state index in [1.165, 1.54) is 6.07 Å². The van der Waals surface area contributed by atoms with E-state index >= 15 is 0 Å². The lowest BCUT2D eigenvalue weighted by molar-refractivity contribution is -0.140. The van der Waals surface area contributed by atoms with E-state index in [9.17, 15) is 17.6 Å². The molecule has 0 radical (unpaired) electrons. The van der Waals surface area contributed by atoms with Crippen LogP contribution in [0.2, 0.25) is 0 Å². The summed E-state index contributed by atoms with van der Waals surface area (Å²) in [4.78, 5) is 0. The van der Waals surface area contributed by atoms with E-state index in [0.717, 1.165) is 38.1 Å². The van der Waals surface area contributed by atoms with Crippen LogP contribution in [0, 0.1) is 11.7 Å². The van der Waals surface area contributed by atoms with Crippen LogP contribution >= 0.6 is 12.4 Å². The number of hydrogen-bond donors (Lipinski definition) is 2. The minimum absolute atomic E-state index is 0. The molecule has 20 heavy (non-hydrogen) atoms. The van der Waals surface area contributed by atoms with Gasteiger partial charge in [0.15, 0.2) is 0 Å². The Morgan fingerprint density at radius 2 is 1.80 bits per heavy atom. The second kappa shape index (κ2) is 6.74. The van der Waals surface area contributed by atoms with Crippen molar-refractivity contribution in [1.82, 2.24) is 5.32 Å². The fourth-order valence-corrected chi connectivity index (χ4v) is 2.44. The number of hydrogen-bond acceptors (Lipinski definition) is 2. The zero-order chi connectivity index (χ0) is 14.0. The molecule has 1 fully saturated rings. The standard InChI is InChI=1S/C13H16F4N2.ClH/c14-11-7-9(1-2-10(11)13(15,16)17)12(18)8-3-5-19-6-4-8;/h1-2,7-8,12,19H,3-6,18H2;1H/t12-;/m1./s1. The molecule has 2 rings (SSSR count). The average Bonchev–Trinajstić information content (AvgIpc) is 2.37. The first-order valence-electron chi connectivity index (χ1n) is 6.22. The van der Waals surface area contributed by atoms with Crippen LogP contribution in [0.25, 0.3) is 0 Å². The molecule has 0 spiro atoms. The third-order valence-corrected chi connectivity index (χ3v) is 3.58. The first-order valence-corrected chi connectivity index (χ1v) is 6.22. The zero-order valence-electron chi connectivity index (χ0n) is 10.7. The summed E-state index contributed by atoms with van der Waals surface area (Å²) in [7, 11) is 0. The molecular formula is C13H17ClF4N2. The van der Waals surface area contributed by atoms with Gasteiger partial charge in [-0.25, -0.2) is 4.39 Å². The lowest BCUT2D eigenvalue weighted by Gasteiger charge is -2.28. The van der Waals surface area contributed by atoms with Gasteiger partial charge in [-0.2, -0.15) is 13.2 Å². The normalized spacial score (nSPS) is 18.4. The lowest BCUT2D eigenvalue weighted by Crippen LogP contribution is -2.33. The van der Waals surface area contributed by atoms with Crippen molar-refractivity contribution in [3.63, 3.8) is 0 Å². The molecule has 1 aliphatic rings. The fourth-order valence-electron chi connectivity index (χ4n) is 2.44. The maximum Gasteiger partial charge on any atom is 0.419 e. The lowest BCUT2D eigenvalue weighted by atomic mass is 9.86. The van der Waals surface area contributed by atoms with Crippen molar-refractivity contribution in [1.29, 1.82) is 0 Å². The van der Waals surface area contributed by atoms with Gasteiger partial charge < -0.3 is 11.1 Å². The van der Waals surface area contributed by atoms with E-state index in [1.807, 2.05) is 0 Å². The Morgan fingerprint density at radius 1 is 1.20 bits per heavy atom. The third kappa shape index (κ3) is 3.84. The van der Waals surface area contributed by atoms with Crippen molar-refractivity contribution in [2.24, 2.45) is 11.7 Å². The van der Waals surface area contributed by atoms with Gasteiger partial charge in [-0.05, 0) is 49.5 Å². The van der Waals surface area contributed by atoms with Crippen LogP contribution in [0.1, 0.15) is 30.0 Å². The molecule has 1 aromatic carbocycles. The highest BCUT2D eigenvalue weighted by atomic mass is 35.5. The Labute approximate surface area is 121 Å². The maximum absolute atomic E-state index is 13.5. The number of nitrogens with one attached hydrogen (secondary N) is 1. The molecule has 0 saturated carbocycles. The van der Waals surface area contributed by atoms with Crippen molar-refractivity contribution >= 4 is 12.4 Å². The zero-order valence-corrected chi connectivity index (χ0v) is 11.5. The van der Waals surface area contributed by atoms with Crippen molar-refractivity contribution in [3.05, 3.63) is 35.1 Å². The van der Waals surface area contributed by atoms with Crippen LogP contribution in [0.3, 0.4) is 0 Å². The van der Waals surface area contributed by atoms with E-state index in [2.05, 4.69) is 5.32 Å². The molecule has 3 N–H and O–H groups in total. The van der Waals surface area contributed by atoms with Gasteiger partial charge in [0.2, 0.25) is 0 Å². The molecule has 0 amide bonds. The van der Waals surface area contributed by atoms with Crippen LogP contribution in [0.5, 0.6) is 0 Å². The molecule has 1 saturated heterocycles. The molecule has 7 heteroatoms. The molecule has 0 unspecified atom stereocenters. The molecular weight excluding hydrogens is 296 g/mol. The number of piperidine rings is 1. The summed E-state index contributed by atoms with van der Waals surface area (Å²) in [6.45, 7) is 1.67. The predicted octanol–water partition coefficient (Wildman–Crippen LogP) is 3.27. The molecule has 1 atom stereocenters. The smallest absolute Gasteiger partial charge is 0.324 e. The first-order chi connectivity index (χ1) is 8.89. The highest BCUT2D eigenvalue weighted by molar-refractivity contribution is 5.85. The minimum atomic E-state index is -4.67. The third-order valence-electron chi connectivity index (χ3n) is 3.58. The summed E-state index contributed by atoms with van der Waals surface area (Å²) in [5.41, 5.74) is 5.21. The van der Waals surface area contributed by atoms with Gasteiger partial charge in [-0.3, -0.25) is 0 Å². The molecule has 2 nitrogen and oxygen atoms in total. The number of nitrogens with two attached hydrogens (primary N) is 1. The highest BCUT2D eigenvalue weighted by Crippen LogP contribution is 2.34. The minimum Gasteiger partial charge on any atom is -0.324 e. The van der Waals surface area contributed by atoms with Crippen LogP contribution in [-0.4, -0.2) is 13.1 Å². The van der Waals surface area contributed by atoms with Gasteiger partial charge in [0.25, 0.3) is 0 Å². The maximum atomic E-state index is 13.5. The summed E-state index contributed by atoms with van der Waals surface area (Å²) in [5.74, 6) is -1.08. The average molecular weight is 313 g/mol.